The Labute approximate surface area is 139 Å². The first kappa shape index (κ1) is 15.6. The van der Waals surface area contributed by atoms with Crippen LogP contribution in [0.15, 0.2) is 12.1 Å². The van der Waals surface area contributed by atoms with E-state index in [9.17, 15) is 0 Å². The van der Waals surface area contributed by atoms with E-state index in [0.29, 0.717) is 6.10 Å². The van der Waals surface area contributed by atoms with Crippen molar-refractivity contribution < 1.29 is 9.47 Å². The minimum absolute atomic E-state index is 0.417. The molecule has 1 saturated heterocycles. The summed E-state index contributed by atoms with van der Waals surface area (Å²) in [5.41, 5.74) is 2.49. The van der Waals surface area contributed by atoms with Gasteiger partial charge in [0, 0.05) is 42.0 Å². The summed E-state index contributed by atoms with van der Waals surface area (Å²) in [7, 11) is 0. The quantitative estimate of drug-likeness (QED) is 0.734. The zero-order valence-electron chi connectivity index (χ0n) is 12.1. The van der Waals surface area contributed by atoms with Crippen molar-refractivity contribution in [3.05, 3.63) is 28.3 Å². The fraction of sp³-hybridized carbons (Fsp3) is 0.625. The monoisotopic (exact) mass is 373 g/mol. The van der Waals surface area contributed by atoms with Crippen molar-refractivity contribution in [2.75, 3.05) is 31.6 Å². The van der Waals surface area contributed by atoms with Crippen LogP contribution in [-0.2, 0) is 17.7 Å². The maximum Gasteiger partial charge on any atom is 0.127 e. The molecule has 0 aliphatic carbocycles. The average molecular weight is 375 g/mol. The molecule has 5 heteroatoms. The maximum atomic E-state index is 6.23. The number of likely N-dealkylation sites (tertiary alicyclic amines) is 1. The number of alkyl halides is 1. The molecule has 3 nitrogen and oxygen atoms in total. The first-order valence-electron chi connectivity index (χ1n) is 7.60. The summed E-state index contributed by atoms with van der Waals surface area (Å²) < 4.78 is 11.6. The molecule has 1 aromatic rings. The number of hydrogen-bond donors (Lipinski definition) is 0. The topological polar surface area (TPSA) is 21.7 Å². The fourth-order valence-electron chi connectivity index (χ4n) is 3.15. The van der Waals surface area contributed by atoms with Crippen molar-refractivity contribution in [3.8, 4) is 5.75 Å². The highest BCUT2D eigenvalue weighted by Crippen LogP contribution is 2.34. The van der Waals surface area contributed by atoms with Crippen molar-refractivity contribution >= 4 is 27.5 Å². The molecule has 116 valence electrons. The third-order valence-electron chi connectivity index (χ3n) is 4.18. The van der Waals surface area contributed by atoms with E-state index >= 15 is 0 Å². The van der Waals surface area contributed by atoms with Gasteiger partial charge in [0.2, 0.25) is 0 Å². The standard InChI is InChI=1S/C16H21BrClNO2/c17-4-8-20-15-1-5-19(6-2-15)11-13-10-14(18)9-12-3-7-21-16(12)13/h9-10,15H,1-8,11H2. The number of ether oxygens (including phenoxy) is 2. The number of benzene rings is 1. The van der Waals surface area contributed by atoms with Crippen LogP contribution in [0.4, 0.5) is 0 Å². The van der Waals surface area contributed by atoms with Gasteiger partial charge in [-0.1, -0.05) is 27.5 Å². The Morgan fingerprint density at radius 3 is 2.90 bits per heavy atom. The predicted octanol–water partition coefficient (Wildman–Crippen LogP) is 3.65. The van der Waals surface area contributed by atoms with Crippen LogP contribution in [0.25, 0.3) is 0 Å². The van der Waals surface area contributed by atoms with E-state index in [1.807, 2.05) is 6.07 Å². The molecular weight excluding hydrogens is 354 g/mol. The number of halogens is 2. The lowest BCUT2D eigenvalue weighted by Crippen LogP contribution is -2.36. The number of rotatable bonds is 5. The summed E-state index contributed by atoms with van der Waals surface area (Å²) in [5, 5.41) is 1.74. The Hall–Kier alpha value is -0.290. The molecule has 0 spiro atoms. The van der Waals surface area contributed by atoms with E-state index in [0.717, 1.165) is 68.2 Å². The second kappa shape index (κ2) is 7.32. The molecule has 0 bridgehead atoms. The van der Waals surface area contributed by atoms with Gasteiger partial charge in [-0.15, -0.1) is 0 Å². The summed E-state index contributed by atoms with van der Waals surface area (Å²) in [5.74, 6) is 1.07. The van der Waals surface area contributed by atoms with E-state index in [-0.39, 0.29) is 0 Å². The summed E-state index contributed by atoms with van der Waals surface area (Å²) in [4.78, 5) is 2.47. The summed E-state index contributed by atoms with van der Waals surface area (Å²) >= 11 is 9.63. The van der Waals surface area contributed by atoms with Crippen molar-refractivity contribution in [3.63, 3.8) is 0 Å². The van der Waals surface area contributed by atoms with Gasteiger partial charge in [-0.25, -0.2) is 0 Å². The highest BCUT2D eigenvalue weighted by atomic mass is 79.9. The molecule has 1 fully saturated rings. The Morgan fingerprint density at radius 2 is 2.14 bits per heavy atom. The fourth-order valence-corrected chi connectivity index (χ4v) is 3.60. The molecule has 2 aliphatic rings. The lowest BCUT2D eigenvalue weighted by molar-refractivity contribution is 0.0140. The van der Waals surface area contributed by atoms with Crippen LogP contribution in [0, 0.1) is 0 Å². The first-order valence-corrected chi connectivity index (χ1v) is 9.10. The second-order valence-corrected chi connectivity index (χ2v) is 6.92. The molecule has 21 heavy (non-hydrogen) atoms. The minimum Gasteiger partial charge on any atom is -0.493 e. The second-order valence-electron chi connectivity index (χ2n) is 5.69. The van der Waals surface area contributed by atoms with Crippen molar-refractivity contribution in [1.82, 2.24) is 4.90 Å². The van der Waals surface area contributed by atoms with Gasteiger partial charge < -0.3 is 9.47 Å². The van der Waals surface area contributed by atoms with Gasteiger partial charge in [0.15, 0.2) is 0 Å². The normalized spacial score (nSPS) is 19.5. The van der Waals surface area contributed by atoms with Gasteiger partial charge in [-0.3, -0.25) is 4.90 Å². The molecule has 3 rings (SSSR count). The van der Waals surface area contributed by atoms with Crippen molar-refractivity contribution in [1.29, 1.82) is 0 Å². The van der Waals surface area contributed by atoms with E-state index in [2.05, 4.69) is 26.9 Å². The molecule has 0 N–H and O–H groups in total. The van der Waals surface area contributed by atoms with Gasteiger partial charge >= 0.3 is 0 Å². The van der Waals surface area contributed by atoms with E-state index < -0.39 is 0 Å². The van der Waals surface area contributed by atoms with Crippen LogP contribution in [0.5, 0.6) is 5.75 Å². The Bertz CT molecular complexity index is 489. The van der Waals surface area contributed by atoms with Crippen LogP contribution in [0.2, 0.25) is 5.02 Å². The molecular formula is C16H21BrClNO2. The van der Waals surface area contributed by atoms with Gasteiger partial charge in [0.1, 0.15) is 5.75 Å². The maximum absolute atomic E-state index is 6.23. The van der Waals surface area contributed by atoms with Crippen LogP contribution in [0.3, 0.4) is 0 Å². The third kappa shape index (κ3) is 3.92. The first-order chi connectivity index (χ1) is 10.3. The minimum atomic E-state index is 0.417. The van der Waals surface area contributed by atoms with Gasteiger partial charge in [0.25, 0.3) is 0 Å². The third-order valence-corrected chi connectivity index (χ3v) is 4.73. The number of fused-ring (bicyclic) bond motifs is 1. The molecule has 0 amide bonds. The largest absolute Gasteiger partial charge is 0.493 e. The zero-order valence-corrected chi connectivity index (χ0v) is 14.5. The molecule has 0 unspecified atom stereocenters. The molecule has 0 saturated carbocycles. The van der Waals surface area contributed by atoms with E-state index in [1.165, 1.54) is 11.1 Å². The Morgan fingerprint density at radius 1 is 1.33 bits per heavy atom. The smallest absolute Gasteiger partial charge is 0.127 e. The van der Waals surface area contributed by atoms with Crippen molar-refractivity contribution in [2.24, 2.45) is 0 Å². The highest BCUT2D eigenvalue weighted by Gasteiger charge is 2.23. The molecule has 0 atom stereocenters. The van der Waals surface area contributed by atoms with Gasteiger partial charge in [-0.2, -0.15) is 0 Å². The van der Waals surface area contributed by atoms with Gasteiger partial charge in [-0.05, 0) is 30.5 Å². The molecule has 2 heterocycles. The Kier molecular flexibility index (Phi) is 5.43. The summed E-state index contributed by atoms with van der Waals surface area (Å²) in [6.07, 6.45) is 3.61. The Balaban J connectivity index is 1.59. The molecule has 1 aromatic carbocycles. The SMILES string of the molecule is Clc1cc2c(c(CN3CCC(OCCBr)CC3)c1)OCC2. The van der Waals surface area contributed by atoms with Crippen LogP contribution in [-0.4, -0.2) is 42.6 Å². The molecule has 0 radical (unpaired) electrons. The van der Waals surface area contributed by atoms with Gasteiger partial charge in [0.05, 0.1) is 19.3 Å². The zero-order chi connectivity index (χ0) is 14.7. The van der Waals surface area contributed by atoms with Crippen LogP contribution < -0.4 is 4.74 Å². The highest BCUT2D eigenvalue weighted by molar-refractivity contribution is 9.09. The summed E-state index contributed by atoms with van der Waals surface area (Å²) in [6, 6.07) is 4.09. The number of nitrogens with zero attached hydrogens (tertiary/aromatic N) is 1. The van der Waals surface area contributed by atoms with Crippen molar-refractivity contribution in [2.45, 2.75) is 31.9 Å². The average Bonchev–Trinajstić information content (AvgIpc) is 2.95. The summed E-state index contributed by atoms with van der Waals surface area (Å²) in [6.45, 7) is 4.67. The number of piperidine rings is 1. The lowest BCUT2D eigenvalue weighted by Gasteiger charge is -2.32. The van der Waals surface area contributed by atoms with E-state index in [1.54, 1.807) is 0 Å². The van der Waals surface area contributed by atoms with Crippen LogP contribution in [0.1, 0.15) is 24.0 Å². The number of hydrogen-bond acceptors (Lipinski definition) is 3. The van der Waals surface area contributed by atoms with E-state index in [4.69, 9.17) is 21.1 Å². The van der Waals surface area contributed by atoms with Crippen LogP contribution >= 0.6 is 27.5 Å². The predicted molar refractivity (Wildman–Crippen MR) is 88.7 cm³/mol. The molecule has 0 aromatic heterocycles. The molecule has 2 aliphatic heterocycles. The lowest BCUT2D eigenvalue weighted by atomic mass is 10.0.